The Morgan fingerprint density at radius 2 is 2.10 bits per heavy atom. The molecule has 0 radical (unpaired) electrons. The Bertz CT molecular complexity index is 660. The molecule has 3 N–H and O–H groups in total. The Kier molecular flexibility index (Phi) is 3.47. The van der Waals surface area contributed by atoms with Crippen molar-refractivity contribution < 1.29 is 14.8 Å². The first-order valence-corrected chi connectivity index (χ1v) is 5.48. The van der Waals surface area contributed by atoms with E-state index in [-0.39, 0.29) is 17.2 Å². The molecule has 2 rings (SSSR count). The summed E-state index contributed by atoms with van der Waals surface area (Å²) in [5, 5.41) is 20.5. The predicted octanol–water partition coefficient (Wildman–Crippen LogP) is 1.91. The van der Waals surface area contributed by atoms with E-state index in [1.165, 1.54) is 18.3 Å². The molecule has 0 aliphatic heterocycles. The highest BCUT2D eigenvalue weighted by Gasteiger charge is 2.21. The van der Waals surface area contributed by atoms with E-state index >= 15 is 0 Å². The fourth-order valence-electron chi connectivity index (χ4n) is 1.66. The number of hydrogen-bond donors (Lipinski definition) is 2. The summed E-state index contributed by atoms with van der Waals surface area (Å²) in [5.41, 5.74) is 4.99. The Labute approximate surface area is 113 Å². The van der Waals surface area contributed by atoms with Crippen LogP contribution in [0.3, 0.4) is 0 Å². The fourth-order valence-corrected chi connectivity index (χ4v) is 1.66. The summed E-state index contributed by atoms with van der Waals surface area (Å²) < 4.78 is 0. The van der Waals surface area contributed by atoms with E-state index in [2.05, 4.69) is 4.98 Å². The van der Waals surface area contributed by atoms with Crippen LogP contribution < -0.4 is 10.6 Å². The quantitative estimate of drug-likeness (QED) is 0.653. The third-order valence-electron chi connectivity index (χ3n) is 2.51. The van der Waals surface area contributed by atoms with Gasteiger partial charge in [0.15, 0.2) is 0 Å². The number of primary amides is 1. The van der Waals surface area contributed by atoms with Crippen molar-refractivity contribution in [2.75, 3.05) is 4.90 Å². The number of aromatic nitrogens is 1. The number of anilines is 2. The molecule has 2 aromatic rings. The zero-order valence-corrected chi connectivity index (χ0v) is 10.1. The van der Waals surface area contributed by atoms with Gasteiger partial charge in [-0.05, 0) is 18.2 Å². The first-order valence-electron chi connectivity index (χ1n) is 5.48. The number of carbonyl (C=O) groups excluding carboxylic acids is 1. The van der Waals surface area contributed by atoms with E-state index in [0.717, 1.165) is 17.0 Å². The maximum Gasteiger partial charge on any atom is 0.325 e. The van der Waals surface area contributed by atoms with Gasteiger partial charge in [-0.1, -0.05) is 6.07 Å². The Morgan fingerprint density at radius 1 is 1.35 bits per heavy atom. The van der Waals surface area contributed by atoms with Crippen molar-refractivity contribution in [3.8, 4) is 5.75 Å². The number of amides is 2. The van der Waals surface area contributed by atoms with Crippen molar-refractivity contribution in [1.29, 1.82) is 0 Å². The van der Waals surface area contributed by atoms with Gasteiger partial charge in [-0.25, -0.2) is 14.7 Å². The van der Waals surface area contributed by atoms with Crippen LogP contribution in [0.2, 0.25) is 0 Å². The molecule has 0 fully saturated rings. The van der Waals surface area contributed by atoms with Crippen LogP contribution in [0.1, 0.15) is 0 Å². The molecule has 0 atom stereocenters. The van der Waals surface area contributed by atoms with Crippen LogP contribution in [0, 0.1) is 10.1 Å². The summed E-state index contributed by atoms with van der Waals surface area (Å²) in [4.78, 5) is 26.4. The molecule has 8 heteroatoms. The van der Waals surface area contributed by atoms with Gasteiger partial charge in [0.1, 0.15) is 11.6 Å². The van der Waals surface area contributed by atoms with Gasteiger partial charge in [0, 0.05) is 12.3 Å². The van der Waals surface area contributed by atoms with Crippen molar-refractivity contribution >= 4 is 23.2 Å². The van der Waals surface area contributed by atoms with Crippen molar-refractivity contribution in [3.63, 3.8) is 0 Å². The lowest BCUT2D eigenvalue weighted by Crippen LogP contribution is -2.32. The second-order valence-corrected chi connectivity index (χ2v) is 3.79. The van der Waals surface area contributed by atoms with Crippen LogP contribution >= 0.6 is 0 Å². The van der Waals surface area contributed by atoms with Crippen LogP contribution in [-0.2, 0) is 0 Å². The Morgan fingerprint density at radius 3 is 2.60 bits per heavy atom. The minimum Gasteiger partial charge on any atom is -0.505 e. The monoisotopic (exact) mass is 274 g/mol. The summed E-state index contributed by atoms with van der Waals surface area (Å²) in [5.74, 6) is -0.243. The van der Waals surface area contributed by atoms with E-state index in [9.17, 15) is 20.0 Å². The number of phenols is 1. The van der Waals surface area contributed by atoms with E-state index in [1.54, 1.807) is 12.1 Å². The number of rotatable bonds is 3. The lowest BCUT2D eigenvalue weighted by Gasteiger charge is -2.20. The highest BCUT2D eigenvalue weighted by Crippen LogP contribution is 2.34. The predicted molar refractivity (Wildman–Crippen MR) is 70.7 cm³/mol. The van der Waals surface area contributed by atoms with E-state index < -0.39 is 16.7 Å². The highest BCUT2D eigenvalue weighted by atomic mass is 16.6. The molecule has 1 aromatic carbocycles. The maximum atomic E-state index is 11.5. The standard InChI is InChI=1S/C12H10N4O4/c13-12(18)15(11-3-1-2-6-14-11)9-5-4-8(16(19)20)7-10(9)17/h1-7,17H,(H2,13,18). The number of nitrogens with two attached hydrogens (primary N) is 1. The molecule has 0 bridgehead atoms. The normalized spacial score (nSPS) is 10.0. The van der Waals surface area contributed by atoms with E-state index in [4.69, 9.17) is 5.73 Å². The molecule has 0 aliphatic rings. The number of aromatic hydroxyl groups is 1. The highest BCUT2D eigenvalue weighted by molar-refractivity contribution is 5.99. The molecule has 1 aromatic heterocycles. The molecule has 0 saturated carbocycles. The number of carbonyl (C=O) groups is 1. The fraction of sp³-hybridized carbons (Fsp3) is 0. The molecule has 0 aliphatic carbocycles. The number of non-ortho nitro benzene ring substituents is 1. The SMILES string of the molecule is NC(=O)N(c1ccccn1)c1ccc([N+](=O)[O-])cc1O. The number of phenolic OH excluding ortho intramolecular Hbond substituents is 1. The zero-order chi connectivity index (χ0) is 14.7. The first kappa shape index (κ1) is 13.3. The summed E-state index contributed by atoms with van der Waals surface area (Å²) in [6, 6.07) is 7.27. The number of pyridine rings is 1. The third kappa shape index (κ3) is 2.48. The summed E-state index contributed by atoms with van der Waals surface area (Å²) in [6.07, 6.45) is 1.45. The molecule has 0 saturated heterocycles. The van der Waals surface area contributed by atoms with Gasteiger partial charge < -0.3 is 10.8 Å². The van der Waals surface area contributed by atoms with Gasteiger partial charge in [-0.2, -0.15) is 0 Å². The van der Waals surface area contributed by atoms with Crippen LogP contribution in [0.25, 0.3) is 0 Å². The van der Waals surface area contributed by atoms with Gasteiger partial charge in [0.05, 0.1) is 16.7 Å². The molecule has 20 heavy (non-hydrogen) atoms. The number of nitrogens with zero attached hydrogens (tertiary/aromatic N) is 3. The summed E-state index contributed by atoms with van der Waals surface area (Å²) in [6.45, 7) is 0. The molecule has 0 spiro atoms. The minimum atomic E-state index is -0.868. The van der Waals surface area contributed by atoms with Crippen LogP contribution in [-0.4, -0.2) is 21.0 Å². The van der Waals surface area contributed by atoms with Crippen molar-refractivity contribution in [3.05, 3.63) is 52.7 Å². The van der Waals surface area contributed by atoms with Crippen molar-refractivity contribution in [2.45, 2.75) is 0 Å². The lowest BCUT2D eigenvalue weighted by molar-refractivity contribution is -0.384. The smallest absolute Gasteiger partial charge is 0.325 e. The zero-order valence-electron chi connectivity index (χ0n) is 10.1. The number of urea groups is 1. The molecule has 1 heterocycles. The number of nitro benzene ring substituents is 1. The molecule has 2 amide bonds. The second-order valence-electron chi connectivity index (χ2n) is 3.79. The molecular formula is C12H10N4O4. The van der Waals surface area contributed by atoms with Gasteiger partial charge in [0.2, 0.25) is 0 Å². The molecular weight excluding hydrogens is 264 g/mol. The topological polar surface area (TPSA) is 123 Å². The molecule has 8 nitrogen and oxygen atoms in total. The first-order chi connectivity index (χ1) is 9.50. The van der Waals surface area contributed by atoms with E-state index in [1.807, 2.05) is 0 Å². The summed E-state index contributed by atoms with van der Waals surface area (Å²) >= 11 is 0. The Hall–Kier alpha value is -3.16. The Balaban J connectivity index is 2.51. The number of hydrogen-bond acceptors (Lipinski definition) is 5. The second kappa shape index (κ2) is 5.22. The molecule has 0 unspecified atom stereocenters. The van der Waals surface area contributed by atoms with Crippen molar-refractivity contribution in [1.82, 2.24) is 4.98 Å². The number of benzene rings is 1. The third-order valence-corrected chi connectivity index (χ3v) is 2.51. The maximum absolute atomic E-state index is 11.5. The van der Waals surface area contributed by atoms with Crippen LogP contribution in [0.5, 0.6) is 5.75 Å². The van der Waals surface area contributed by atoms with Gasteiger partial charge in [0.25, 0.3) is 5.69 Å². The van der Waals surface area contributed by atoms with Crippen LogP contribution in [0.15, 0.2) is 42.6 Å². The average molecular weight is 274 g/mol. The minimum absolute atomic E-state index is 0.0156. The van der Waals surface area contributed by atoms with Crippen molar-refractivity contribution in [2.24, 2.45) is 5.73 Å². The van der Waals surface area contributed by atoms with Gasteiger partial charge in [-0.3, -0.25) is 10.1 Å². The lowest BCUT2D eigenvalue weighted by atomic mass is 10.2. The largest absolute Gasteiger partial charge is 0.505 e. The summed E-state index contributed by atoms with van der Waals surface area (Å²) in [7, 11) is 0. The van der Waals surface area contributed by atoms with Crippen LogP contribution in [0.4, 0.5) is 22.0 Å². The van der Waals surface area contributed by atoms with Gasteiger partial charge >= 0.3 is 6.03 Å². The molecule has 102 valence electrons. The average Bonchev–Trinajstić information content (AvgIpc) is 2.41. The van der Waals surface area contributed by atoms with Gasteiger partial charge in [-0.15, -0.1) is 0 Å². The van der Waals surface area contributed by atoms with E-state index in [0.29, 0.717) is 0 Å². The number of nitro groups is 1.